The van der Waals surface area contributed by atoms with Crippen molar-refractivity contribution in [2.24, 2.45) is 7.05 Å². The van der Waals surface area contributed by atoms with Gasteiger partial charge in [0.15, 0.2) is 0 Å². The minimum Gasteiger partial charge on any atom is -0.380 e. The monoisotopic (exact) mass is 322 g/mol. The Morgan fingerprint density at radius 2 is 1.87 bits per heavy atom. The second kappa shape index (κ2) is 7.62. The minimum absolute atomic E-state index is 0.0747. The first-order valence-corrected chi connectivity index (χ1v) is 9.16. The molecule has 1 aliphatic heterocycles. The predicted molar refractivity (Wildman–Crippen MR) is 89.9 cm³/mol. The molecule has 23 heavy (non-hydrogen) atoms. The molecule has 1 aliphatic carbocycles. The Hall–Kier alpha value is -1.14. The smallest absolute Gasteiger partial charge is 0.345 e. The Labute approximate surface area is 138 Å². The van der Waals surface area contributed by atoms with Crippen molar-refractivity contribution in [3.8, 4) is 0 Å². The lowest BCUT2D eigenvalue weighted by Gasteiger charge is -2.31. The molecular formula is C17H30N4O2. The zero-order valence-electron chi connectivity index (χ0n) is 14.5. The average molecular weight is 322 g/mol. The van der Waals surface area contributed by atoms with Gasteiger partial charge in [-0.1, -0.05) is 12.8 Å². The number of likely N-dealkylation sites (tertiary alicyclic amines) is 1. The van der Waals surface area contributed by atoms with E-state index in [0.717, 1.165) is 64.4 Å². The van der Waals surface area contributed by atoms with Gasteiger partial charge in [0.25, 0.3) is 0 Å². The number of hydrogen-bond donors (Lipinski definition) is 0. The molecule has 0 N–H and O–H groups in total. The van der Waals surface area contributed by atoms with Crippen LogP contribution in [0.25, 0.3) is 0 Å². The quantitative estimate of drug-likeness (QED) is 0.751. The summed E-state index contributed by atoms with van der Waals surface area (Å²) in [5, 5.41) is 4.60. The second-order valence-corrected chi connectivity index (χ2v) is 6.89. The highest BCUT2D eigenvalue weighted by Crippen LogP contribution is 2.33. The first-order valence-electron chi connectivity index (χ1n) is 9.16. The highest BCUT2D eigenvalue weighted by Gasteiger charge is 2.30. The van der Waals surface area contributed by atoms with Crippen LogP contribution in [0.5, 0.6) is 0 Å². The van der Waals surface area contributed by atoms with Crippen LogP contribution >= 0.6 is 0 Å². The van der Waals surface area contributed by atoms with E-state index in [0.29, 0.717) is 12.0 Å². The molecule has 2 fully saturated rings. The van der Waals surface area contributed by atoms with Gasteiger partial charge < -0.3 is 9.64 Å². The van der Waals surface area contributed by atoms with E-state index in [2.05, 4.69) is 10.00 Å². The molecule has 0 atom stereocenters. The molecule has 2 aliphatic rings. The summed E-state index contributed by atoms with van der Waals surface area (Å²) in [5.41, 5.74) is 0.0747. The number of ether oxygens (including phenoxy) is 1. The Balaban J connectivity index is 1.66. The van der Waals surface area contributed by atoms with E-state index >= 15 is 0 Å². The van der Waals surface area contributed by atoms with Gasteiger partial charge in [-0.05, 0) is 45.7 Å². The van der Waals surface area contributed by atoms with Crippen LogP contribution in [0.15, 0.2) is 4.79 Å². The highest BCUT2D eigenvalue weighted by molar-refractivity contribution is 5.02. The summed E-state index contributed by atoms with van der Waals surface area (Å²) in [6, 6.07) is 0.377. The molecule has 3 rings (SSSR count). The number of aryl methyl sites for hydroxylation is 1. The van der Waals surface area contributed by atoms with Gasteiger partial charge in [-0.3, -0.25) is 4.57 Å². The summed E-state index contributed by atoms with van der Waals surface area (Å²) in [5.74, 6) is 1.46. The summed E-state index contributed by atoms with van der Waals surface area (Å²) in [6.45, 7) is 6.81. The Kier molecular flexibility index (Phi) is 5.54. The normalized spacial score (nSPS) is 21.3. The van der Waals surface area contributed by atoms with Crippen molar-refractivity contribution in [1.29, 1.82) is 0 Å². The van der Waals surface area contributed by atoms with E-state index in [1.165, 1.54) is 17.5 Å². The standard InChI is InChI=1S/C17H30N4O2/c1-3-23-13-12-20-10-8-14(9-11-20)16-18-19(2)17(22)21(16)15-6-4-5-7-15/h14-15H,3-13H2,1-2H3. The SMILES string of the molecule is CCOCCN1CCC(c2nn(C)c(=O)n2C2CCCC2)CC1. The number of rotatable bonds is 6. The number of aromatic nitrogens is 3. The van der Waals surface area contributed by atoms with Crippen molar-refractivity contribution in [3.63, 3.8) is 0 Å². The van der Waals surface area contributed by atoms with Crippen LogP contribution in [0.2, 0.25) is 0 Å². The molecule has 0 radical (unpaired) electrons. The van der Waals surface area contributed by atoms with Crippen LogP contribution in [0.1, 0.15) is 63.2 Å². The Bertz CT molecular complexity index is 551. The van der Waals surface area contributed by atoms with Crippen molar-refractivity contribution in [3.05, 3.63) is 16.3 Å². The molecule has 0 spiro atoms. The fourth-order valence-corrected chi connectivity index (χ4v) is 4.04. The van der Waals surface area contributed by atoms with Crippen molar-refractivity contribution in [2.75, 3.05) is 32.8 Å². The molecule has 1 aromatic rings. The summed E-state index contributed by atoms with van der Waals surface area (Å²) in [6.07, 6.45) is 6.92. The molecule has 6 nitrogen and oxygen atoms in total. The summed E-state index contributed by atoms with van der Waals surface area (Å²) < 4.78 is 9.01. The largest absolute Gasteiger partial charge is 0.380 e. The number of nitrogens with zero attached hydrogens (tertiary/aromatic N) is 4. The molecule has 2 heterocycles. The van der Waals surface area contributed by atoms with Gasteiger partial charge in [-0.25, -0.2) is 9.48 Å². The van der Waals surface area contributed by atoms with E-state index < -0.39 is 0 Å². The molecule has 1 aromatic heterocycles. The van der Waals surface area contributed by atoms with E-state index in [1.54, 1.807) is 7.05 Å². The topological polar surface area (TPSA) is 52.3 Å². The molecule has 130 valence electrons. The molecule has 6 heteroatoms. The van der Waals surface area contributed by atoms with E-state index in [-0.39, 0.29) is 5.69 Å². The summed E-state index contributed by atoms with van der Waals surface area (Å²) in [7, 11) is 1.79. The van der Waals surface area contributed by atoms with Crippen molar-refractivity contribution < 1.29 is 4.74 Å². The maximum absolute atomic E-state index is 12.5. The third-order valence-corrected chi connectivity index (χ3v) is 5.38. The minimum atomic E-state index is 0.0747. The van der Waals surface area contributed by atoms with E-state index in [1.807, 2.05) is 11.5 Å². The molecule has 0 bridgehead atoms. The first-order chi connectivity index (χ1) is 11.2. The predicted octanol–water partition coefficient (Wildman–Crippen LogP) is 1.91. The Morgan fingerprint density at radius 3 is 2.52 bits per heavy atom. The van der Waals surface area contributed by atoms with Crippen LogP contribution in [0, 0.1) is 0 Å². The zero-order chi connectivity index (χ0) is 16.2. The summed E-state index contributed by atoms with van der Waals surface area (Å²) >= 11 is 0. The molecule has 0 amide bonds. The van der Waals surface area contributed by atoms with Gasteiger partial charge in [-0.15, -0.1) is 0 Å². The number of piperidine rings is 1. The third kappa shape index (κ3) is 3.69. The zero-order valence-corrected chi connectivity index (χ0v) is 14.5. The second-order valence-electron chi connectivity index (χ2n) is 6.89. The van der Waals surface area contributed by atoms with Crippen LogP contribution in [-0.4, -0.2) is 52.1 Å². The molecule has 1 saturated carbocycles. The highest BCUT2D eigenvalue weighted by atomic mass is 16.5. The lowest BCUT2D eigenvalue weighted by molar-refractivity contribution is 0.101. The van der Waals surface area contributed by atoms with Crippen LogP contribution in [-0.2, 0) is 11.8 Å². The van der Waals surface area contributed by atoms with Crippen molar-refractivity contribution in [2.45, 2.75) is 57.4 Å². The fraction of sp³-hybridized carbons (Fsp3) is 0.882. The maximum Gasteiger partial charge on any atom is 0.345 e. The van der Waals surface area contributed by atoms with Gasteiger partial charge in [-0.2, -0.15) is 5.10 Å². The van der Waals surface area contributed by atoms with Crippen molar-refractivity contribution >= 4 is 0 Å². The van der Waals surface area contributed by atoms with Gasteiger partial charge in [0, 0.05) is 32.2 Å². The van der Waals surface area contributed by atoms with Gasteiger partial charge >= 0.3 is 5.69 Å². The van der Waals surface area contributed by atoms with Gasteiger partial charge in [0.2, 0.25) is 0 Å². The number of hydrogen-bond acceptors (Lipinski definition) is 4. The van der Waals surface area contributed by atoms with E-state index in [4.69, 9.17) is 4.74 Å². The molecule has 0 unspecified atom stereocenters. The van der Waals surface area contributed by atoms with Crippen LogP contribution in [0.3, 0.4) is 0 Å². The lowest BCUT2D eigenvalue weighted by Crippen LogP contribution is -2.36. The van der Waals surface area contributed by atoms with Crippen LogP contribution < -0.4 is 5.69 Å². The van der Waals surface area contributed by atoms with Crippen molar-refractivity contribution in [1.82, 2.24) is 19.2 Å². The Morgan fingerprint density at radius 1 is 1.17 bits per heavy atom. The average Bonchev–Trinajstić information content (AvgIpc) is 3.17. The van der Waals surface area contributed by atoms with Gasteiger partial charge in [0.05, 0.1) is 6.61 Å². The maximum atomic E-state index is 12.5. The third-order valence-electron chi connectivity index (χ3n) is 5.38. The van der Waals surface area contributed by atoms with Gasteiger partial charge in [0.1, 0.15) is 5.82 Å². The molecule has 1 saturated heterocycles. The molecular weight excluding hydrogens is 292 g/mol. The molecule has 0 aromatic carbocycles. The van der Waals surface area contributed by atoms with E-state index in [9.17, 15) is 4.79 Å². The fourth-order valence-electron chi connectivity index (χ4n) is 4.04. The first kappa shape index (κ1) is 16.7. The summed E-state index contributed by atoms with van der Waals surface area (Å²) in [4.78, 5) is 15.0. The van der Waals surface area contributed by atoms with Crippen LogP contribution in [0.4, 0.5) is 0 Å². The lowest BCUT2D eigenvalue weighted by atomic mass is 9.95.